The van der Waals surface area contributed by atoms with E-state index in [4.69, 9.17) is 9.47 Å². The van der Waals surface area contributed by atoms with Crippen molar-refractivity contribution < 1.29 is 19.4 Å². The Bertz CT molecular complexity index is 962. The molecule has 0 unspecified atom stereocenters. The van der Waals surface area contributed by atoms with Gasteiger partial charge in [0.2, 0.25) is 0 Å². The predicted octanol–water partition coefficient (Wildman–Crippen LogP) is 4.55. The maximum atomic E-state index is 11.4. The number of aliphatic carboxylic acids is 1. The van der Waals surface area contributed by atoms with E-state index in [1.807, 2.05) is 37.3 Å². The summed E-state index contributed by atoms with van der Waals surface area (Å²) in [5.41, 5.74) is 4.31. The monoisotopic (exact) mass is 403 g/mol. The lowest BCUT2D eigenvalue weighted by molar-refractivity contribution is -0.136. The van der Waals surface area contributed by atoms with Crippen molar-refractivity contribution in [3.05, 3.63) is 45.9 Å². The minimum Gasteiger partial charge on any atom is -0.493 e. The molecule has 25 heavy (non-hydrogen) atoms. The summed E-state index contributed by atoms with van der Waals surface area (Å²) in [6.07, 6.45) is -0.0699. The summed E-state index contributed by atoms with van der Waals surface area (Å²) in [5.74, 6) is 0.307. The molecule has 6 heteroatoms. The second-order valence-corrected chi connectivity index (χ2v) is 6.64. The number of fused-ring (bicyclic) bond motifs is 1. The molecule has 2 aromatic carbocycles. The van der Waals surface area contributed by atoms with E-state index in [1.54, 1.807) is 14.2 Å². The molecular weight excluding hydrogens is 386 g/mol. The van der Waals surface area contributed by atoms with Gasteiger partial charge in [0, 0.05) is 20.9 Å². The van der Waals surface area contributed by atoms with Crippen LogP contribution in [0.5, 0.6) is 11.5 Å². The van der Waals surface area contributed by atoms with E-state index in [9.17, 15) is 9.90 Å². The van der Waals surface area contributed by atoms with Gasteiger partial charge in [-0.05, 0) is 52.7 Å². The summed E-state index contributed by atoms with van der Waals surface area (Å²) in [6, 6.07) is 9.62. The molecule has 0 fully saturated rings. The maximum Gasteiger partial charge on any atom is 0.307 e. The first-order valence-electron chi connectivity index (χ1n) is 7.69. The van der Waals surface area contributed by atoms with Crippen molar-refractivity contribution in [1.29, 1.82) is 0 Å². The summed E-state index contributed by atoms with van der Waals surface area (Å²) in [5, 5.41) is 10.3. The van der Waals surface area contributed by atoms with Gasteiger partial charge in [-0.15, -0.1) is 0 Å². The molecule has 0 saturated carbocycles. The van der Waals surface area contributed by atoms with Crippen molar-refractivity contribution in [2.45, 2.75) is 13.3 Å². The number of aromatic amines is 1. The van der Waals surface area contributed by atoms with Crippen molar-refractivity contribution in [3.8, 4) is 22.8 Å². The Morgan fingerprint density at radius 2 is 1.84 bits per heavy atom. The molecule has 0 radical (unpaired) electrons. The first-order chi connectivity index (χ1) is 11.9. The minimum absolute atomic E-state index is 0.0699. The van der Waals surface area contributed by atoms with Gasteiger partial charge in [0.05, 0.1) is 26.3 Å². The Balaban J connectivity index is 2.29. The molecule has 3 rings (SSSR count). The SMILES string of the molecule is COc1cc(Br)c(-c2[nH]c3ccc(C)cc3c2CC(=O)O)cc1OC. The van der Waals surface area contributed by atoms with Gasteiger partial charge in [-0.3, -0.25) is 4.79 Å². The molecule has 0 atom stereocenters. The highest BCUT2D eigenvalue weighted by molar-refractivity contribution is 9.10. The number of aromatic nitrogens is 1. The van der Waals surface area contributed by atoms with Crippen LogP contribution in [0.2, 0.25) is 0 Å². The molecule has 0 amide bonds. The van der Waals surface area contributed by atoms with E-state index >= 15 is 0 Å². The zero-order valence-corrected chi connectivity index (χ0v) is 15.7. The average molecular weight is 404 g/mol. The first kappa shape index (κ1) is 17.4. The van der Waals surface area contributed by atoms with Crippen LogP contribution in [0, 0.1) is 6.92 Å². The highest BCUT2D eigenvalue weighted by Crippen LogP contribution is 2.41. The number of H-pyrrole nitrogens is 1. The summed E-state index contributed by atoms with van der Waals surface area (Å²) in [7, 11) is 3.15. The van der Waals surface area contributed by atoms with E-state index in [0.29, 0.717) is 11.5 Å². The normalized spacial score (nSPS) is 10.9. The molecule has 130 valence electrons. The van der Waals surface area contributed by atoms with Crippen LogP contribution in [0.1, 0.15) is 11.1 Å². The molecule has 5 nitrogen and oxygen atoms in total. The van der Waals surface area contributed by atoms with Gasteiger partial charge in [0.15, 0.2) is 11.5 Å². The number of methoxy groups -OCH3 is 2. The second kappa shape index (κ2) is 6.80. The van der Waals surface area contributed by atoms with Crippen LogP contribution in [0.25, 0.3) is 22.2 Å². The zero-order valence-electron chi connectivity index (χ0n) is 14.1. The summed E-state index contributed by atoms with van der Waals surface area (Å²) in [6.45, 7) is 1.99. The number of halogens is 1. The number of carboxylic acid groups (broad SMARTS) is 1. The second-order valence-electron chi connectivity index (χ2n) is 5.79. The Kier molecular flexibility index (Phi) is 4.72. The van der Waals surface area contributed by atoms with Crippen LogP contribution in [0.4, 0.5) is 0 Å². The van der Waals surface area contributed by atoms with Crippen molar-refractivity contribution in [2.24, 2.45) is 0 Å². The lowest BCUT2D eigenvalue weighted by Crippen LogP contribution is -2.01. The molecule has 1 aromatic heterocycles. The van der Waals surface area contributed by atoms with Gasteiger partial charge in [-0.25, -0.2) is 0 Å². The highest BCUT2D eigenvalue weighted by atomic mass is 79.9. The Hall–Kier alpha value is -2.47. The van der Waals surface area contributed by atoms with E-state index in [1.165, 1.54) is 0 Å². The standard InChI is InChI=1S/C19H18BrNO4/c1-10-4-5-15-11(6-10)12(8-18(22)23)19(21-15)13-7-16(24-2)17(25-3)9-14(13)20/h4-7,9,21H,8H2,1-3H3,(H,22,23). The van der Waals surface area contributed by atoms with Gasteiger partial charge >= 0.3 is 5.97 Å². The van der Waals surface area contributed by atoms with Gasteiger partial charge < -0.3 is 19.6 Å². The molecular formula is C19H18BrNO4. The number of carbonyl (C=O) groups is 1. The van der Waals surface area contributed by atoms with Crippen LogP contribution in [-0.4, -0.2) is 30.3 Å². The number of hydrogen-bond acceptors (Lipinski definition) is 3. The van der Waals surface area contributed by atoms with Crippen molar-refractivity contribution in [1.82, 2.24) is 4.98 Å². The van der Waals surface area contributed by atoms with Crippen LogP contribution in [-0.2, 0) is 11.2 Å². The van der Waals surface area contributed by atoms with Gasteiger partial charge in [0.25, 0.3) is 0 Å². The number of hydrogen-bond donors (Lipinski definition) is 2. The highest BCUT2D eigenvalue weighted by Gasteiger charge is 2.20. The minimum atomic E-state index is -0.875. The van der Waals surface area contributed by atoms with E-state index < -0.39 is 5.97 Å². The topological polar surface area (TPSA) is 71.6 Å². The van der Waals surface area contributed by atoms with Crippen molar-refractivity contribution >= 4 is 32.8 Å². The van der Waals surface area contributed by atoms with Crippen LogP contribution < -0.4 is 9.47 Å². The fourth-order valence-electron chi connectivity index (χ4n) is 2.97. The lowest BCUT2D eigenvalue weighted by atomic mass is 10.0. The fourth-order valence-corrected chi connectivity index (χ4v) is 3.49. The maximum absolute atomic E-state index is 11.4. The smallest absolute Gasteiger partial charge is 0.307 e. The largest absolute Gasteiger partial charge is 0.493 e. The molecule has 0 bridgehead atoms. The number of aryl methyl sites for hydroxylation is 1. The first-order valence-corrected chi connectivity index (χ1v) is 8.48. The molecule has 0 saturated heterocycles. The van der Waals surface area contributed by atoms with Crippen LogP contribution in [0.3, 0.4) is 0 Å². The van der Waals surface area contributed by atoms with Crippen molar-refractivity contribution in [3.63, 3.8) is 0 Å². The van der Waals surface area contributed by atoms with Gasteiger partial charge in [-0.1, -0.05) is 11.6 Å². The zero-order chi connectivity index (χ0) is 18.1. The molecule has 3 aromatic rings. The Morgan fingerprint density at radius 1 is 1.16 bits per heavy atom. The third-order valence-corrected chi connectivity index (χ3v) is 4.79. The van der Waals surface area contributed by atoms with Crippen LogP contribution in [0.15, 0.2) is 34.8 Å². The van der Waals surface area contributed by atoms with Gasteiger partial charge in [-0.2, -0.15) is 0 Å². The molecule has 2 N–H and O–H groups in total. The number of ether oxygens (including phenoxy) is 2. The molecule has 0 aliphatic rings. The third-order valence-electron chi connectivity index (χ3n) is 4.13. The molecule has 0 aliphatic carbocycles. The number of benzene rings is 2. The number of carboxylic acids is 1. The summed E-state index contributed by atoms with van der Waals surface area (Å²) >= 11 is 3.56. The summed E-state index contributed by atoms with van der Waals surface area (Å²) in [4.78, 5) is 14.8. The average Bonchev–Trinajstić information content (AvgIpc) is 2.91. The summed E-state index contributed by atoms with van der Waals surface area (Å²) < 4.78 is 11.5. The molecule has 1 heterocycles. The van der Waals surface area contributed by atoms with Crippen LogP contribution >= 0.6 is 15.9 Å². The number of rotatable bonds is 5. The fraction of sp³-hybridized carbons (Fsp3) is 0.211. The Morgan fingerprint density at radius 3 is 2.48 bits per heavy atom. The van der Waals surface area contributed by atoms with Gasteiger partial charge in [0.1, 0.15) is 0 Å². The van der Waals surface area contributed by atoms with Crippen molar-refractivity contribution in [2.75, 3.05) is 14.2 Å². The van der Waals surface area contributed by atoms with E-state index in [0.717, 1.165) is 37.8 Å². The predicted molar refractivity (Wildman–Crippen MR) is 101 cm³/mol. The third kappa shape index (κ3) is 3.22. The number of nitrogens with one attached hydrogen (secondary N) is 1. The molecule has 0 spiro atoms. The molecule has 0 aliphatic heterocycles. The van der Waals surface area contributed by atoms with E-state index in [2.05, 4.69) is 20.9 Å². The quantitative estimate of drug-likeness (QED) is 0.655. The Labute approximate surface area is 153 Å². The lowest BCUT2D eigenvalue weighted by Gasteiger charge is -2.12. The van der Waals surface area contributed by atoms with E-state index in [-0.39, 0.29) is 6.42 Å².